The molecule has 1 heterocycles. The molecule has 0 N–H and O–H groups in total. The summed E-state index contributed by atoms with van der Waals surface area (Å²) in [6, 6.07) is 5.63. The molecule has 1 saturated heterocycles. The molecule has 27 heavy (non-hydrogen) atoms. The molecule has 0 bridgehead atoms. The molecule has 7 nitrogen and oxygen atoms in total. The zero-order valence-electron chi connectivity index (χ0n) is 15.1. The number of ether oxygens (including phenoxy) is 2. The Morgan fingerprint density at radius 2 is 2.07 bits per heavy atom. The van der Waals surface area contributed by atoms with Gasteiger partial charge in [-0.05, 0) is 38.8 Å². The summed E-state index contributed by atoms with van der Waals surface area (Å²) < 4.78 is 36.4. The highest BCUT2D eigenvalue weighted by molar-refractivity contribution is 9.09. The first-order valence-electron chi connectivity index (χ1n) is 8.52. The molecule has 1 unspecified atom stereocenters. The number of amides is 1. The molecular weight excluding hydrogens is 438 g/mol. The number of esters is 1. The minimum Gasteiger partial charge on any atom is -0.463 e. The van der Waals surface area contributed by atoms with Gasteiger partial charge in [0.2, 0.25) is 0 Å². The molecule has 0 radical (unpaired) electrons. The normalized spacial score (nSPS) is 18.6. The van der Waals surface area contributed by atoms with Gasteiger partial charge in [-0.25, -0.2) is 18.0 Å². The van der Waals surface area contributed by atoms with Crippen molar-refractivity contribution in [3.05, 3.63) is 42.0 Å². The second-order valence-electron chi connectivity index (χ2n) is 6.01. The van der Waals surface area contributed by atoms with Gasteiger partial charge in [0.1, 0.15) is 6.61 Å². The molecule has 0 spiro atoms. The second-order valence-corrected chi connectivity index (χ2v) is 9.00. The molecule has 0 saturated carbocycles. The average molecular weight is 460 g/mol. The lowest BCUT2D eigenvalue weighted by atomic mass is 10.1. The van der Waals surface area contributed by atoms with Gasteiger partial charge in [-0.15, -0.1) is 0 Å². The molecule has 1 aromatic rings. The Balaban J connectivity index is 2.08. The van der Waals surface area contributed by atoms with Gasteiger partial charge in [-0.1, -0.05) is 39.7 Å². The molecule has 2 atom stereocenters. The molecule has 1 aliphatic heterocycles. The van der Waals surface area contributed by atoms with E-state index in [1.54, 1.807) is 25.1 Å². The van der Waals surface area contributed by atoms with Crippen LogP contribution in [0.4, 0.5) is 4.79 Å². The molecule has 1 fully saturated rings. The maximum atomic E-state index is 12.9. The maximum Gasteiger partial charge on any atom is 0.424 e. The Morgan fingerprint density at radius 1 is 1.41 bits per heavy atom. The lowest BCUT2D eigenvalue weighted by Gasteiger charge is -2.24. The molecule has 148 valence electrons. The number of hydrogen-bond acceptors (Lipinski definition) is 6. The second kappa shape index (κ2) is 9.36. The number of hydrogen-bond donors (Lipinski definition) is 0. The number of allylic oxidation sites excluding steroid dienone is 1. The van der Waals surface area contributed by atoms with E-state index < -0.39 is 28.1 Å². The van der Waals surface area contributed by atoms with Gasteiger partial charge in [-0.2, -0.15) is 4.31 Å². The number of rotatable bonds is 8. The SMILES string of the molecule is CCOC(=O)/C=C/CC[C@@H](Br)C1COC(=O)N1S(=O)(=O)c1ccc(C)cc1. The fraction of sp³-hybridized carbons (Fsp3) is 0.444. The average Bonchev–Trinajstić information content (AvgIpc) is 3.01. The third kappa shape index (κ3) is 5.32. The van der Waals surface area contributed by atoms with Crippen LogP contribution in [0, 0.1) is 6.92 Å². The van der Waals surface area contributed by atoms with Crippen molar-refractivity contribution in [3.8, 4) is 0 Å². The zero-order valence-corrected chi connectivity index (χ0v) is 17.5. The third-order valence-corrected chi connectivity index (χ3v) is 6.88. The number of aryl methyl sites for hydroxylation is 1. The van der Waals surface area contributed by atoms with E-state index in [1.807, 2.05) is 6.92 Å². The van der Waals surface area contributed by atoms with Gasteiger partial charge in [0, 0.05) is 10.9 Å². The van der Waals surface area contributed by atoms with Crippen LogP contribution >= 0.6 is 15.9 Å². The predicted molar refractivity (Wildman–Crippen MR) is 103 cm³/mol. The maximum absolute atomic E-state index is 12.9. The minimum atomic E-state index is -4.01. The van der Waals surface area contributed by atoms with E-state index >= 15 is 0 Å². The molecule has 0 aliphatic carbocycles. The Hall–Kier alpha value is -1.87. The summed E-state index contributed by atoms with van der Waals surface area (Å²) in [6.07, 6.45) is 3.13. The van der Waals surface area contributed by atoms with Crippen molar-refractivity contribution < 1.29 is 27.5 Å². The number of carbonyl (C=O) groups excluding carboxylic acids is 2. The Bertz CT molecular complexity index is 806. The van der Waals surface area contributed by atoms with Crippen LogP contribution in [-0.4, -0.2) is 48.9 Å². The summed E-state index contributed by atoms with van der Waals surface area (Å²) in [6.45, 7) is 3.85. The minimum absolute atomic E-state index is 0.0264. The van der Waals surface area contributed by atoms with E-state index in [0.717, 1.165) is 9.87 Å². The van der Waals surface area contributed by atoms with Crippen molar-refractivity contribution in [2.75, 3.05) is 13.2 Å². The summed E-state index contributed by atoms with van der Waals surface area (Å²) in [4.78, 5) is 23.1. The lowest BCUT2D eigenvalue weighted by molar-refractivity contribution is -0.137. The Labute approximate surface area is 167 Å². The van der Waals surface area contributed by atoms with Gasteiger partial charge < -0.3 is 9.47 Å². The molecule has 1 amide bonds. The van der Waals surface area contributed by atoms with Gasteiger partial charge in [0.25, 0.3) is 10.0 Å². The summed E-state index contributed by atoms with van der Waals surface area (Å²) in [5.74, 6) is -0.424. The van der Waals surface area contributed by atoms with Crippen molar-refractivity contribution in [3.63, 3.8) is 0 Å². The molecule has 1 aliphatic rings. The van der Waals surface area contributed by atoms with Crippen molar-refractivity contribution in [2.24, 2.45) is 0 Å². The third-order valence-electron chi connectivity index (χ3n) is 4.00. The van der Waals surface area contributed by atoms with E-state index in [0.29, 0.717) is 19.4 Å². The van der Waals surface area contributed by atoms with E-state index in [2.05, 4.69) is 15.9 Å². The van der Waals surface area contributed by atoms with Gasteiger partial charge in [0.05, 0.1) is 17.5 Å². The standard InChI is InChI=1S/C18H22BrNO6S/c1-3-25-17(21)7-5-4-6-15(19)16-12-26-18(22)20(16)27(23,24)14-10-8-13(2)9-11-14/h5,7-11,15-16H,3-4,6,12H2,1-2H3/b7-5+/t15-,16?/m1/s1. The number of nitrogens with zero attached hydrogens (tertiary/aromatic N) is 1. The predicted octanol–water partition coefficient (Wildman–Crippen LogP) is 3.17. The van der Waals surface area contributed by atoms with E-state index in [-0.39, 0.29) is 16.3 Å². The topological polar surface area (TPSA) is 90.0 Å². The highest BCUT2D eigenvalue weighted by Crippen LogP contribution is 2.30. The number of benzene rings is 1. The van der Waals surface area contributed by atoms with Gasteiger partial charge >= 0.3 is 12.1 Å². The first kappa shape index (κ1) is 21.4. The number of cyclic esters (lactones) is 1. The first-order valence-corrected chi connectivity index (χ1v) is 10.9. The van der Waals surface area contributed by atoms with Crippen LogP contribution in [0.25, 0.3) is 0 Å². The van der Waals surface area contributed by atoms with Crippen LogP contribution in [0.2, 0.25) is 0 Å². The fourth-order valence-electron chi connectivity index (χ4n) is 2.59. The van der Waals surface area contributed by atoms with E-state index in [9.17, 15) is 18.0 Å². The number of carbonyl (C=O) groups is 2. The largest absolute Gasteiger partial charge is 0.463 e. The molecule has 1 aromatic carbocycles. The lowest BCUT2D eigenvalue weighted by Crippen LogP contribution is -2.43. The Kier molecular flexibility index (Phi) is 7.43. The van der Waals surface area contributed by atoms with Crippen LogP contribution < -0.4 is 0 Å². The summed E-state index contributed by atoms with van der Waals surface area (Å²) in [5, 5.41) is 0. The molecular formula is C18H22BrNO6S. The van der Waals surface area contributed by atoms with Crippen molar-refractivity contribution in [1.29, 1.82) is 0 Å². The Morgan fingerprint density at radius 3 is 2.70 bits per heavy atom. The van der Waals surface area contributed by atoms with Crippen LogP contribution in [0.5, 0.6) is 0 Å². The quantitative estimate of drug-likeness (QED) is 0.336. The smallest absolute Gasteiger partial charge is 0.424 e. The van der Waals surface area contributed by atoms with Crippen molar-refractivity contribution in [1.82, 2.24) is 4.31 Å². The molecule has 0 aromatic heterocycles. The van der Waals surface area contributed by atoms with E-state index in [1.165, 1.54) is 18.2 Å². The monoisotopic (exact) mass is 459 g/mol. The van der Waals surface area contributed by atoms with Crippen LogP contribution in [0.1, 0.15) is 25.3 Å². The van der Waals surface area contributed by atoms with Crippen molar-refractivity contribution in [2.45, 2.75) is 42.5 Å². The fourth-order valence-corrected chi connectivity index (χ4v) is 4.92. The van der Waals surface area contributed by atoms with Crippen LogP contribution in [0.15, 0.2) is 41.3 Å². The highest BCUT2D eigenvalue weighted by atomic mass is 79.9. The van der Waals surface area contributed by atoms with Gasteiger partial charge in [-0.3, -0.25) is 0 Å². The van der Waals surface area contributed by atoms with Crippen molar-refractivity contribution >= 4 is 38.0 Å². The molecule has 9 heteroatoms. The van der Waals surface area contributed by atoms with E-state index in [4.69, 9.17) is 9.47 Å². The number of sulfonamides is 1. The van der Waals surface area contributed by atoms with Gasteiger partial charge in [0.15, 0.2) is 0 Å². The highest BCUT2D eigenvalue weighted by Gasteiger charge is 2.45. The zero-order chi connectivity index (χ0) is 20.0. The van der Waals surface area contributed by atoms with Crippen LogP contribution in [0.3, 0.4) is 0 Å². The summed E-state index contributed by atoms with van der Waals surface area (Å²) >= 11 is 3.46. The number of alkyl halides is 1. The van der Waals surface area contributed by atoms with Crippen LogP contribution in [-0.2, 0) is 24.3 Å². The summed E-state index contributed by atoms with van der Waals surface area (Å²) in [7, 11) is -4.01. The summed E-state index contributed by atoms with van der Waals surface area (Å²) in [5.41, 5.74) is 0.918. The number of halogens is 1. The molecule has 2 rings (SSSR count). The first-order chi connectivity index (χ1) is 12.8.